The molecule has 1 atom stereocenters. The van der Waals surface area contributed by atoms with Crippen molar-refractivity contribution >= 4 is 5.91 Å². The lowest BCUT2D eigenvalue weighted by Gasteiger charge is -2.33. The van der Waals surface area contributed by atoms with Gasteiger partial charge in [0.05, 0.1) is 6.04 Å². The topological polar surface area (TPSA) is 81.3 Å². The first-order valence-corrected chi connectivity index (χ1v) is 8.03. The van der Waals surface area contributed by atoms with Crippen LogP contribution in [0.4, 0.5) is 0 Å². The van der Waals surface area contributed by atoms with Crippen molar-refractivity contribution in [3.63, 3.8) is 0 Å². The Kier molecular flexibility index (Phi) is 5.71. The van der Waals surface area contributed by atoms with Crippen LogP contribution >= 0.6 is 0 Å². The third kappa shape index (κ3) is 4.16. The molecule has 1 fully saturated rings. The summed E-state index contributed by atoms with van der Waals surface area (Å²) in [5.74, 6) is 0.198. The summed E-state index contributed by atoms with van der Waals surface area (Å²) in [6, 6.07) is 0.00301. The quantitative estimate of drug-likeness (QED) is 0.889. The number of likely N-dealkylation sites (tertiary alicyclic amines) is 1. The predicted octanol–water partition coefficient (Wildman–Crippen LogP) is 1.39. The molecule has 122 valence electrons. The zero-order valence-electron chi connectivity index (χ0n) is 13.7. The molecule has 2 heterocycles. The molecule has 0 aromatic carbocycles. The van der Waals surface area contributed by atoms with Crippen LogP contribution < -0.4 is 10.5 Å². The van der Waals surface area contributed by atoms with E-state index >= 15 is 0 Å². The Morgan fingerprint density at radius 2 is 1.95 bits per heavy atom. The van der Waals surface area contributed by atoms with Crippen molar-refractivity contribution in [3.05, 3.63) is 18.0 Å². The van der Waals surface area contributed by atoms with Crippen LogP contribution in [-0.2, 0) is 11.2 Å². The number of ether oxygens (including phenoxy) is 1. The van der Waals surface area contributed by atoms with Gasteiger partial charge in [0.25, 0.3) is 0 Å². The molecule has 6 nitrogen and oxygen atoms in total. The van der Waals surface area contributed by atoms with Gasteiger partial charge in [0.1, 0.15) is 6.10 Å². The van der Waals surface area contributed by atoms with E-state index in [0.29, 0.717) is 19.1 Å². The van der Waals surface area contributed by atoms with Crippen LogP contribution in [0.5, 0.6) is 6.01 Å². The van der Waals surface area contributed by atoms with Crippen LogP contribution in [0.25, 0.3) is 0 Å². The number of carbonyl (C=O) groups is 1. The summed E-state index contributed by atoms with van der Waals surface area (Å²) in [6.07, 6.45) is 6.14. The van der Waals surface area contributed by atoms with E-state index in [1.165, 1.54) is 0 Å². The third-order valence-electron chi connectivity index (χ3n) is 4.12. The van der Waals surface area contributed by atoms with E-state index < -0.39 is 6.04 Å². The highest BCUT2D eigenvalue weighted by Gasteiger charge is 2.28. The number of hydrogen-bond donors (Lipinski definition) is 1. The van der Waals surface area contributed by atoms with E-state index in [4.69, 9.17) is 10.5 Å². The molecule has 1 aliphatic heterocycles. The van der Waals surface area contributed by atoms with Crippen LogP contribution in [0.3, 0.4) is 0 Å². The van der Waals surface area contributed by atoms with Crippen LogP contribution in [0.15, 0.2) is 12.4 Å². The van der Waals surface area contributed by atoms with Crippen LogP contribution in [0.1, 0.15) is 39.2 Å². The largest absolute Gasteiger partial charge is 0.460 e. The number of hydrogen-bond acceptors (Lipinski definition) is 5. The lowest BCUT2D eigenvalue weighted by Crippen LogP contribution is -2.50. The number of nitrogens with zero attached hydrogens (tertiary/aromatic N) is 3. The first-order chi connectivity index (χ1) is 10.5. The molecular formula is C16H26N4O2. The average molecular weight is 306 g/mol. The highest BCUT2D eigenvalue weighted by atomic mass is 16.5. The Hall–Kier alpha value is -1.69. The highest BCUT2D eigenvalue weighted by Crippen LogP contribution is 2.17. The lowest BCUT2D eigenvalue weighted by atomic mass is 10.0. The molecule has 6 heteroatoms. The summed E-state index contributed by atoms with van der Waals surface area (Å²) < 4.78 is 5.80. The number of nitrogens with two attached hydrogens (primary N) is 1. The number of rotatable bonds is 5. The number of aryl methyl sites for hydroxylation is 1. The molecule has 0 spiro atoms. The van der Waals surface area contributed by atoms with Gasteiger partial charge in [-0.15, -0.1) is 0 Å². The molecule has 2 N–H and O–H groups in total. The minimum Gasteiger partial charge on any atom is -0.460 e. The van der Waals surface area contributed by atoms with Crippen molar-refractivity contribution in [1.82, 2.24) is 14.9 Å². The van der Waals surface area contributed by atoms with E-state index in [1.54, 1.807) is 12.4 Å². The molecule has 1 aromatic heterocycles. The molecule has 1 saturated heterocycles. The van der Waals surface area contributed by atoms with Crippen LogP contribution in [0, 0.1) is 5.92 Å². The fourth-order valence-corrected chi connectivity index (χ4v) is 2.43. The van der Waals surface area contributed by atoms with Crippen molar-refractivity contribution in [3.8, 4) is 6.01 Å². The van der Waals surface area contributed by atoms with Crippen molar-refractivity contribution in [2.24, 2.45) is 11.7 Å². The predicted molar refractivity (Wildman–Crippen MR) is 84.5 cm³/mol. The SMILES string of the molecule is CCc1cnc(OC2CCN(C(=O)[C@@H](N)C(C)C)CC2)nc1. The number of carbonyl (C=O) groups excluding carboxylic acids is 1. The van der Waals surface area contributed by atoms with Gasteiger partial charge in [-0.2, -0.15) is 0 Å². The summed E-state index contributed by atoms with van der Waals surface area (Å²) in [7, 11) is 0. The van der Waals surface area contributed by atoms with Gasteiger partial charge in [0, 0.05) is 38.3 Å². The van der Waals surface area contributed by atoms with Crippen LogP contribution in [-0.4, -0.2) is 46.0 Å². The maximum atomic E-state index is 12.2. The van der Waals surface area contributed by atoms with E-state index in [9.17, 15) is 4.79 Å². The van der Waals surface area contributed by atoms with Crippen molar-refractivity contribution in [1.29, 1.82) is 0 Å². The van der Waals surface area contributed by atoms with Crippen molar-refractivity contribution in [2.75, 3.05) is 13.1 Å². The van der Waals surface area contributed by atoms with Gasteiger partial charge in [-0.05, 0) is 17.9 Å². The highest BCUT2D eigenvalue weighted by molar-refractivity contribution is 5.82. The molecule has 0 radical (unpaired) electrons. The molecule has 0 saturated carbocycles. The van der Waals surface area contributed by atoms with Gasteiger partial charge in [-0.25, -0.2) is 9.97 Å². The molecule has 22 heavy (non-hydrogen) atoms. The average Bonchev–Trinajstić information content (AvgIpc) is 2.55. The van der Waals surface area contributed by atoms with Gasteiger partial charge in [-0.3, -0.25) is 4.79 Å². The Morgan fingerprint density at radius 3 is 2.45 bits per heavy atom. The Labute approximate surface area is 132 Å². The minimum atomic E-state index is -0.414. The summed E-state index contributed by atoms with van der Waals surface area (Å²) in [4.78, 5) is 22.5. The molecule has 0 aliphatic carbocycles. The molecule has 2 rings (SSSR count). The first-order valence-electron chi connectivity index (χ1n) is 8.03. The van der Waals surface area contributed by atoms with E-state index in [-0.39, 0.29) is 17.9 Å². The Morgan fingerprint density at radius 1 is 1.36 bits per heavy atom. The molecule has 1 aliphatic rings. The Balaban J connectivity index is 1.82. The fraction of sp³-hybridized carbons (Fsp3) is 0.688. The smallest absolute Gasteiger partial charge is 0.316 e. The summed E-state index contributed by atoms with van der Waals surface area (Å²) in [5, 5.41) is 0. The monoisotopic (exact) mass is 306 g/mol. The van der Waals surface area contributed by atoms with Gasteiger partial charge in [0.2, 0.25) is 5.91 Å². The first kappa shape index (κ1) is 16.7. The molecule has 0 bridgehead atoms. The fourth-order valence-electron chi connectivity index (χ4n) is 2.43. The minimum absolute atomic E-state index is 0.0389. The summed E-state index contributed by atoms with van der Waals surface area (Å²) in [6.45, 7) is 7.35. The second-order valence-corrected chi connectivity index (χ2v) is 6.14. The lowest BCUT2D eigenvalue weighted by molar-refractivity contribution is -0.135. The Bertz CT molecular complexity index is 481. The maximum Gasteiger partial charge on any atom is 0.316 e. The second kappa shape index (κ2) is 7.54. The second-order valence-electron chi connectivity index (χ2n) is 6.14. The van der Waals surface area contributed by atoms with Gasteiger partial charge in [0.15, 0.2) is 0 Å². The summed E-state index contributed by atoms with van der Waals surface area (Å²) >= 11 is 0. The zero-order valence-corrected chi connectivity index (χ0v) is 13.7. The van der Waals surface area contributed by atoms with Gasteiger partial charge in [-0.1, -0.05) is 20.8 Å². The normalized spacial score (nSPS) is 17.6. The van der Waals surface area contributed by atoms with Gasteiger partial charge >= 0.3 is 6.01 Å². The number of piperidine rings is 1. The molecule has 0 unspecified atom stereocenters. The van der Waals surface area contributed by atoms with E-state index in [1.807, 2.05) is 18.7 Å². The summed E-state index contributed by atoms with van der Waals surface area (Å²) in [5.41, 5.74) is 7.03. The number of aromatic nitrogens is 2. The molecule has 1 aromatic rings. The van der Waals surface area contributed by atoms with Crippen LogP contribution in [0.2, 0.25) is 0 Å². The molecule has 1 amide bonds. The van der Waals surface area contributed by atoms with E-state index in [0.717, 1.165) is 24.8 Å². The van der Waals surface area contributed by atoms with Crippen molar-refractivity contribution < 1.29 is 9.53 Å². The van der Waals surface area contributed by atoms with E-state index in [2.05, 4.69) is 16.9 Å². The third-order valence-corrected chi connectivity index (χ3v) is 4.12. The van der Waals surface area contributed by atoms with Gasteiger partial charge < -0.3 is 15.4 Å². The maximum absolute atomic E-state index is 12.2. The number of amides is 1. The zero-order chi connectivity index (χ0) is 16.1. The van der Waals surface area contributed by atoms with Crippen molar-refractivity contribution in [2.45, 2.75) is 52.2 Å². The molecular weight excluding hydrogens is 280 g/mol. The standard InChI is InChI=1S/C16H26N4O2/c1-4-12-9-18-16(19-10-12)22-13-5-7-20(8-6-13)15(21)14(17)11(2)3/h9-11,13-14H,4-8,17H2,1-3H3/t14-/m0/s1.